The van der Waals surface area contributed by atoms with Gasteiger partial charge in [-0.05, 0) is 43.4 Å². The molecule has 2 N–H and O–H groups in total. The third kappa shape index (κ3) is 1.89. The molecule has 0 aliphatic heterocycles. The highest BCUT2D eigenvalue weighted by Gasteiger charge is 2.14. The van der Waals surface area contributed by atoms with Gasteiger partial charge in [-0.3, -0.25) is 0 Å². The Morgan fingerprint density at radius 1 is 1.12 bits per heavy atom. The number of hydrogen-bond acceptors (Lipinski definition) is 4. The molecule has 0 aromatic carbocycles. The van der Waals surface area contributed by atoms with Gasteiger partial charge in [-0.1, -0.05) is 0 Å². The summed E-state index contributed by atoms with van der Waals surface area (Å²) in [5.41, 5.74) is 9.12. The third-order valence-electron chi connectivity index (χ3n) is 3.36. The Labute approximate surface area is 100 Å². The Kier molecular flexibility index (Phi) is 2.73. The molecule has 0 unspecified atom stereocenters. The minimum Gasteiger partial charge on any atom is -0.330 e. The number of aryl methyl sites for hydroxylation is 2. The first kappa shape index (κ1) is 10.6. The number of rotatable bonds is 2. The fourth-order valence-electron chi connectivity index (χ4n) is 2.49. The highest BCUT2D eigenvalue weighted by molar-refractivity contribution is 5.79. The molecule has 0 spiro atoms. The van der Waals surface area contributed by atoms with Gasteiger partial charge >= 0.3 is 0 Å². The summed E-state index contributed by atoms with van der Waals surface area (Å²) in [4.78, 5) is 13.3. The van der Waals surface area contributed by atoms with Crippen LogP contribution in [0.15, 0.2) is 12.4 Å². The van der Waals surface area contributed by atoms with Crippen molar-refractivity contribution in [1.82, 2.24) is 15.0 Å². The average Bonchev–Trinajstić information content (AvgIpc) is 2.39. The SMILES string of the molecule is NCCc1ncc2c3c(cnc2n1)CCCC3. The zero-order chi connectivity index (χ0) is 11.7. The van der Waals surface area contributed by atoms with E-state index in [9.17, 15) is 0 Å². The molecule has 2 aromatic rings. The Bertz CT molecular complexity index is 550. The second-order valence-electron chi connectivity index (χ2n) is 4.53. The molecule has 17 heavy (non-hydrogen) atoms. The molecule has 4 nitrogen and oxygen atoms in total. The largest absolute Gasteiger partial charge is 0.330 e. The summed E-state index contributed by atoms with van der Waals surface area (Å²) in [6, 6.07) is 0. The van der Waals surface area contributed by atoms with Crippen molar-refractivity contribution in [2.45, 2.75) is 32.1 Å². The molecule has 0 amide bonds. The highest BCUT2D eigenvalue weighted by Crippen LogP contribution is 2.26. The van der Waals surface area contributed by atoms with Gasteiger partial charge in [-0.15, -0.1) is 0 Å². The van der Waals surface area contributed by atoms with E-state index < -0.39 is 0 Å². The predicted octanol–water partition coefficient (Wildman–Crippen LogP) is 1.40. The van der Waals surface area contributed by atoms with E-state index in [4.69, 9.17) is 5.73 Å². The van der Waals surface area contributed by atoms with Crippen molar-refractivity contribution in [3.63, 3.8) is 0 Å². The van der Waals surface area contributed by atoms with Gasteiger partial charge in [0.15, 0.2) is 5.65 Å². The van der Waals surface area contributed by atoms with Crippen molar-refractivity contribution in [2.75, 3.05) is 6.54 Å². The van der Waals surface area contributed by atoms with Crippen molar-refractivity contribution in [1.29, 1.82) is 0 Å². The van der Waals surface area contributed by atoms with Crippen LogP contribution in [0.3, 0.4) is 0 Å². The lowest BCUT2D eigenvalue weighted by molar-refractivity contribution is 0.686. The minimum absolute atomic E-state index is 0.580. The Hall–Kier alpha value is -1.55. The fourth-order valence-corrected chi connectivity index (χ4v) is 2.49. The number of pyridine rings is 1. The van der Waals surface area contributed by atoms with Gasteiger partial charge in [-0.25, -0.2) is 15.0 Å². The first-order valence-electron chi connectivity index (χ1n) is 6.21. The Balaban J connectivity index is 2.13. The molecule has 0 bridgehead atoms. The molecule has 4 heteroatoms. The van der Waals surface area contributed by atoms with Gasteiger partial charge in [-0.2, -0.15) is 0 Å². The van der Waals surface area contributed by atoms with Crippen LogP contribution in [-0.2, 0) is 19.3 Å². The van der Waals surface area contributed by atoms with E-state index in [-0.39, 0.29) is 0 Å². The van der Waals surface area contributed by atoms with Crippen LogP contribution in [0.4, 0.5) is 0 Å². The van der Waals surface area contributed by atoms with Crippen LogP contribution < -0.4 is 5.73 Å². The van der Waals surface area contributed by atoms with Crippen molar-refractivity contribution in [2.24, 2.45) is 5.73 Å². The minimum atomic E-state index is 0.580. The summed E-state index contributed by atoms with van der Waals surface area (Å²) in [6.45, 7) is 0.580. The van der Waals surface area contributed by atoms with Crippen LogP contribution in [0, 0.1) is 0 Å². The van der Waals surface area contributed by atoms with Crippen LogP contribution in [0.2, 0.25) is 0 Å². The van der Waals surface area contributed by atoms with E-state index in [0.717, 1.165) is 29.7 Å². The van der Waals surface area contributed by atoms with Gasteiger partial charge in [0.25, 0.3) is 0 Å². The van der Waals surface area contributed by atoms with Gasteiger partial charge in [0.05, 0.1) is 0 Å². The molecular weight excluding hydrogens is 212 g/mol. The summed E-state index contributed by atoms with van der Waals surface area (Å²) in [7, 11) is 0. The fraction of sp³-hybridized carbons (Fsp3) is 0.462. The zero-order valence-corrected chi connectivity index (χ0v) is 9.82. The van der Waals surface area contributed by atoms with E-state index >= 15 is 0 Å². The van der Waals surface area contributed by atoms with E-state index in [0.29, 0.717) is 13.0 Å². The maximum atomic E-state index is 5.52. The van der Waals surface area contributed by atoms with E-state index in [1.54, 1.807) is 0 Å². The van der Waals surface area contributed by atoms with E-state index in [1.165, 1.54) is 24.0 Å². The van der Waals surface area contributed by atoms with Gasteiger partial charge in [0.2, 0.25) is 0 Å². The Morgan fingerprint density at radius 2 is 2.00 bits per heavy atom. The molecule has 2 aromatic heterocycles. The quantitative estimate of drug-likeness (QED) is 0.844. The van der Waals surface area contributed by atoms with Crippen LogP contribution in [0.5, 0.6) is 0 Å². The standard InChI is InChI=1S/C13H16N4/c14-6-5-12-15-8-11-10-4-2-1-3-9(10)7-16-13(11)17-12/h7-8H,1-6,14H2. The topological polar surface area (TPSA) is 64.7 Å². The summed E-state index contributed by atoms with van der Waals surface area (Å²) in [5.74, 6) is 0.795. The first-order chi connectivity index (χ1) is 8.38. The van der Waals surface area contributed by atoms with Gasteiger partial charge in [0.1, 0.15) is 5.82 Å². The zero-order valence-electron chi connectivity index (χ0n) is 9.82. The van der Waals surface area contributed by atoms with Crippen LogP contribution in [-0.4, -0.2) is 21.5 Å². The van der Waals surface area contributed by atoms with Crippen molar-refractivity contribution >= 4 is 11.0 Å². The number of hydrogen-bond donors (Lipinski definition) is 1. The molecular formula is C13H16N4. The molecule has 1 aliphatic rings. The molecule has 0 radical (unpaired) electrons. The molecule has 88 valence electrons. The normalized spacial score (nSPS) is 14.9. The second-order valence-corrected chi connectivity index (χ2v) is 4.53. The number of fused-ring (bicyclic) bond motifs is 3. The lowest BCUT2D eigenvalue weighted by atomic mass is 9.91. The summed E-state index contributed by atoms with van der Waals surface area (Å²) in [5, 5.41) is 1.13. The van der Waals surface area contributed by atoms with Crippen LogP contribution in [0.1, 0.15) is 29.8 Å². The molecule has 0 atom stereocenters. The average molecular weight is 228 g/mol. The lowest BCUT2D eigenvalue weighted by Crippen LogP contribution is -2.09. The summed E-state index contributed by atoms with van der Waals surface area (Å²) < 4.78 is 0. The number of aromatic nitrogens is 3. The van der Waals surface area contributed by atoms with Crippen LogP contribution in [0.25, 0.3) is 11.0 Å². The van der Waals surface area contributed by atoms with Crippen molar-refractivity contribution in [3.05, 3.63) is 29.3 Å². The van der Waals surface area contributed by atoms with Crippen LogP contribution >= 0.6 is 0 Å². The molecule has 1 aliphatic carbocycles. The van der Waals surface area contributed by atoms with Crippen molar-refractivity contribution < 1.29 is 0 Å². The maximum Gasteiger partial charge on any atom is 0.163 e. The lowest BCUT2D eigenvalue weighted by Gasteiger charge is -2.16. The summed E-state index contributed by atoms with van der Waals surface area (Å²) in [6.07, 6.45) is 9.43. The van der Waals surface area contributed by atoms with E-state index in [1.807, 2.05) is 12.4 Å². The molecule has 3 rings (SSSR count). The summed E-state index contributed by atoms with van der Waals surface area (Å²) >= 11 is 0. The van der Waals surface area contributed by atoms with Crippen molar-refractivity contribution in [3.8, 4) is 0 Å². The van der Waals surface area contributed by atoms with E-state index in [2.05, 4.69) is 15.0 Å². The molecule has 0 saturated heterocycles. The Morgan fingerprint density at radius 3 is 2.88 bits per heavy atom. The predicted molar refractivity (Wildman–Crippen MR) is 66.7 cm³/mol. The van der Waals surface area contributed by atoms with Gasteiger partial charge in [0, 0.05) is 24.2 Å². The molecule has 0 saturated carbocycles. The van der Waals surface area contributed by atoms with Gasteiger partial charge < -0.3 is 5.73 Å². The number of nitrogens with two attached hydrogens (primary N) is 1. The monoisotopic (exact) mass is 228 g/mol. The smallest absolute Gasteiger partial charge is 0.163 e. The number of nitrogens with zero attached hydrogens (tertiary/aromatic N) is 3. The molecule has 2 heterocycles. The maximum absolute atomic E-state index is 5.52. The second kappa shape index (κ2) is 4.37. The first-order valence-corrected chi connectivity index (χ1v) is 6.21. The molecule has 0 fully saturated rings. The highest BCUT2D eigenvalue weighted by atomic mass is 14.9. The third-order valence-corrected chi connectivity index (χ3v) is 3.36.